The minimum absolute atomic E-state index is 0.00172. The van der Waals surface area contributed by atoms with Crippen molar-refractivity contribution in [1.29, 1.82) is 0 Å². The van der Waals surface area contributed by atoms with E-state index in [2.05, 4.69) is 0 Å². The maximum Gasteiger partial charge on any atom is 0.341 e. The van der Waals surface area contributed by atoms with Gasteiger partial charge >= 0.3 is 5.97 Å². The van der Waals surface area contributed by atoms with E-state index < -0.39 is 35.0 Å². The van der Waals surface area contributed by atoms with Gasteiger partial charge in [0.1, 0.15) is 17.6 Å². The fraction of sp³-hybridized carbons (Fsp3) is 0.286. The minimum Gasteiger partial charge on any atom is -0.477 e. The topological polar surface area (TPSA) is 59.3 Å². The molecule has 21 heavy (non-hydrogen) atoms. The summed E-state index contributed by atoms with van der Waals surface area (Å²) >= 11 is 6.09. The molecule has 0 radical (unpaired) electrons. The lowest BCUT2D eigenvalue weighted by Crippen LogP contribution is -2.19. The molecule has 7 heteroatoms. The number of halogens is 3. The molecule has 1 N–H and O–H groups in total. The van der Waals surface area contributed by atoms with E-state index >= 15 is 0 Å². The summed E-state index contributed by atoms with van der Waals surface area (Å²) in [6, 6.07) is 0.380. The Hall–Kier alpha value is -1.95. The first-order valence-corrected chi connectivity index (χ1v) is 6.61. The van der Waals surface area contributed by atoms with Crippen LogP contribution in [-0.4, -0.2) is 21.8 Å². The zero-order valence-electron chi connectivity index (χ0n) is 10.9. The molecule has 4 nitrogen and oxygen atoms in total. The summed E-state index contributed by atoms with van der Waals surface area (Å²) in [5.41, 5.74) is -1.04. The molecule has 3 rings (SSSR count). The highest BCUT2D eigenvalue weighted by molar-refractivity contribution is 6.36. The monoisotopic (exact) mass is 313 g/mol. The maximum absolute atomic E-state index is 13.8. The van der Waals surface area contributed by atoms with E-state index in [1.54, 1.807) is 0 Å². The number of hydrogen-bond acceptors (Lipinski definition) is 2. The van der Waals surface area contributed by atoms with Crippen molar-refractivity contribution in [2.45, 2.75) is 25.6 Å². The van der Waals surface area contributed by atoms with Crippen LogP contribution >= 0.6 is 11.6 Å². The van der Waals surface area contributed by atoms with Gasteiger partial charge in [-0.15, -0.1) is 0 Å². The second kappa shape index (κ2) is 4.53. The summed E-state index contributed by atoms with van der Waals surface area (Å²) in [4.78, 5) is 23.3. The normalized spacial score (nSPS) is 20.8. The SMILES string of the molecule is Cc1c(F)cc2c(=O)c(C(=O)O)cn([C@@H]3C[C@@H]3F)c2c1Cl. The second-order valence-electron chi connectivity index (χ2n) is 5.10. The molecule has 1 fully saturated rings. The standard InChI is InChI=1S/C14H10ClF2NO3/c1-5-8(16)2-6-12(11(5)15)18(10-3-9(10)17)4-7(13(6)19)14(20)21/h2,4,9-10H,3H2,1H3,(H,20,21)/t9-,10+/m0/s1. The van der Waals surface area contributed by atoms with Crippen LogP contribution in [0.5, 0.6) is 0 Å². The van der Waals surface area contributed by atoms with E-state index in [-0.39, 0.29) is 27.9 Å². The summed E-state index contributed by atoms with van der Waals surface area (Å²) in [6.45, 7) is 1.44. The third-order valence-corrected chi connectivity index (χ3v) is 4.17. The van der Waals surface area contributed by atoms with Gasteiger partial charge in [0, 0.05) is 18.2 Å². The summed E-state index contributed by atoms with van der Waals surface area (Å²) in [5.74, 6) is -2.14. The van der Waals surface area contributed by atoms with Crippen molar-refractivity contribution in [3.05, 3.63) is 44.5 Å². The highest BCUT2D eigenvalue weighted by Gasteiger charge is 2.40. The Morgan fingerprint density at radius 1 is 1.52 bits per heavy atom. The molecule has 2 aromatic rings. The van der Waals surface area contributed by atoms with Crippen LogP contribution in [0.25, 0.3) is 10.9 Å². The average Bonchev–Trinajstić information content (AvgIpc) is 3.14. The number of hydrogen-bond donors (Lipinski definition) is 1. The second-order valence-corrected chi connectivity index (χ2v) is 5.47. The van der Waals surface area contributed by atoms with Gasteiger partial charge in [-0.05, 0) is 13.0 Å². The number of carbonyl (C=O) groups is 1. The predicted octanol–water partition coefficient (Wildman–Crippen LogP) is 3.08. The highest BCUT2D eigenvalue weighted by atomic mass is 35.5. The number of benzene rings is 1. The van der Waals surface area contributed by atoms with Crippen molar-refractivity contribution in [3.63, 3.8) is 0 Å². The number of aromatic nitrogens is 1. The van der Waals surface area contributed by atoms with Gasteiger partial charge in [0.05, 0.1) is 22.0 Å². The molecular weight excluding hydrogens is 304 g/mol. The van der Waals surface area contributed by atoms with E-state index in [9.17, 15) is 18.4 Å². The quantitative estimate of drug-likeness (QED) is 0.927. The van der Waals surface area contributed by atoms with Crippen molar-refractivity contribution >= 4 is 28.5 Å². The number of aromatic carboxylic acids is 1. The first-order chi connectivity index (χ1) is 9.82. The zero-order chi connectivity index (χ0) is 15.5. The number of carboxylic acids is 1. The molecule has 1 aromatic heterocycles. The van der Waals surface area contributed by atoms with E-state index in [1.807, 2.05) is 0 Å². The summed E-state index contributed by atoms with van der Waals surface area (Å²) in [5, 5.41) is 8.92. The molecule has 1 heterocycles. The first-order valence-electron chi connectivity index (χ1n) is 6.23. The minimum atomic E-state index is -1.44. The molecule has 1 aliphatic carbocycles. The third-order valence-electron chi connectivity index (χ3n) is 3.71. The Balaban J connectivity index is 2.49. The lowest BCUT2D eigenvalue weighted by atomic mass is 10.1. The Morgan fingerprint density at radius 2 is 2.14 bits per heavy atom. The van der Waals surface area contributed by atoms with Crippen LogP contribution in [0.3, 0.4) is 0 Å². The molecule has 1 aliphatic rings. The molecule has 110 valence electrons. The van der Waals surface area contributed by atoms with Crippen LogP contribution in [0.1, 0.15) is 28.4 Å². The van der Waals surface area contributed by atoms with Gasteiger partial charge < -0.3 is 9.67 Å². The van der Waals surface area contributed by atoms with Gasteiger partial charge in [-0.2, -0.15) is 0 Å². The largest absolute Gasteiger partial charge is 0.477 e. The fourth-order valence-electron chi connectivity index (χ4n) is 2.39. The lowest BCUT2D eigenvalue weighted by molar-refractivity contribution is 0.0694. The van der Waals surface area contributed by atoms with Crippen molar-refractivity contribution < 1.29 is 18.7 Å². The smallest absolute Gasteiger partial charge is 0.341 e. The maximum atomic E-state index is 13.8. The number of pyridine rings is 1. The van der Waals surface area contributed by atoms with Gasteiger partial charge in [-0.1, -0.05) is 11.6 Å². The number of fused-ring (bicyclic) bond motifs is 1. The predicted molar refractivity (Wildman–Crippen MR) is 73.4 cm³/mol. The highest BCUT2D eigenvalue weighted by Crippen LogP contribution is 2.42. The van der Waals surface area contributed by atoms with Gasteiger partial charge in [0.15, 0.2) is 0 Å². The van der Waals surface area contributed by atoms with Crippen LogP contribution < -0.4 is 5.43 Å². The van der Waals surface area contributed by atoms with Crippen molar-refractivity contribution in [2.24, 2.45) is 0 Å². The van der Waals surface area contributed by atoms with Gasteiger partial charge in [0.25, 0.3) is 0 Å². The third kappa shape index (κ3) is 2.01. The zero-order valence-corrected chi connectivity index (χ0v) is 11.6. The first kappa shape index (κ1) is 14.0. The number of rotatable bonds is 2. The van der Waals surface area contributed by atoms with Gasteiger partial charge in [0.2, 0.25) is 5.43 Å². The number of nitrogens with zero attached hydrogens (tertiary/aromatic N) is 1. The van der Waals surface area contributed by atoms with Crippen molar-refractivity contribution in [1.82, 2.24) is 4.57 Å². The van der Waals surface area contributed by atoms with E-state index in [0.717, 1.165) is 12.3 Å². The molecule has 0 bridgehead atoms. The fourth-order valence-corrected chi connectivity index (χ4v) is 2.68. The molecular formula is C14H10ClF2NO3. The number of carboxylic acid groups (broad SMARTS) is 1. The van der Waals surface area contributed by atoms with Crippen LogP contribution in [-0.2, 0) is 0 Å². The molecule has 0 unspecified atom stereocenters. The van der Waals surface area contributed by atoms with Crippen molar-refractivity contribution in [3.8, 4) is 0 Å². The Morgan fingerprint density at radius 3 is 2.67 bits per heavy atom. The van der Waals surface area contributed by atoms with Gasteiger partial charge in [-0.3, -0.25) is 4.79 Å². The Bertz CT molecular complexity index is 846. The Kier molecular flexibility index (Phi) is 3.02. The Labute approximate surface area is 122 Å². The molecule has 1 saturated carbocycles. The number of alkyl halides is 1. The molecule has 0 saturated heterocycles. The molecule has 1 aromatic carbocycles. The van der Waals surface area contributed by atoms with E-state index in [4.69, 9.17) is 16.7 Å². The van der Waals surface area contributed by atoms with Crippen molar-refractivity contribution in [2.75, 3.05) is 0 Å². The van der Waals surface area contributed by atoms with Crippen LogP contribution in [0.15, 0.2) is 17.1 Å². The van der Waals surface area contributed by atoms with Crippen LogP contribution in [0, 0.1) is 12.7 Å². The molecule has 0 spiro atoms. The summed E-state index contributed by atoms with van der Waals surface area (Å²) in [7, 11) is 0. The van der Waals surface area contributed by atoms with Crippen LogP contribution in [0.4, 0.5) is 8.78 Å². The van der Waals surface area contributed by atoms with Crippen LogP contribution in [0.2, 0.25) is 5.02 Å². The van der Waals surface area contributed by atoms with Gasteiger partial charge in [-0.25, -0.2) is 13.6 Å². The molecule has 2 atom stereocenters. The molecule has 0 aliphatic heterocycles. The summed E-state index contributed by atoms with van der Waals surface area (Å²) < 4.78 is 28.5. The van der Waals surface area contributed by atoms with E-state index in [0.29, 0.717) is 0 Å². The average molecular weight is 314 g/mol. The summed E-state index contributed by atoms with van der Waals surface area (Å²) in [6.07, 6.45) is 0.170. The lowest BCUT2D eigenvalue weighted by Gasteiger charge is -2.14. The van der Waals surface area contributed by atoms with E-state index in [1.165, 1.54) is 11.5 Å². The molecule has 0 amide bonds.